The fraction of sp³-hybridized carbons (Fsp3) is 0.167. The van der Waals surface area contributed by atoms with Crippen LogP contribution in [-0.2, 0) is 5.41 Å². The van der Waals surface area contributed by atoms with E-state index in [-0.39, 0.29) is 16.9 Å². The van der Waals surface area contributed by atoms with Gasteiger partial charge in [-0.1, -0.05) is 44.2 Å². The quantitative estimate of drug-likeness (QED) is 0.657. The predicted molar refractivity (Wildman–Crippen MR) is 82.0 cm³/mol. The Balaban J connectivity index is 2.18. The van der Waals surface area contributed by atoms with Crippen molar-refractivity contribution in [3.8, 4) is 5.75 Å². The number of phenolic OH excluding ortho intramolecular Hbond substituents is 1. The van der Waals surface area contributed by atoms with E-state index in [1.54, 1.807) is 12.1 Å². The maximum Gasteiger partial charge on any atom is 0.195 e. The van der Waals surface area contributed by atoms with E-state index >= 15 is 0 Å². The fourth-order valence-corrected chi connectivity index (χ4v) is 3.42. The Labute approximate surface area is 122 Å². The van der Waals surface area contributed by atoms with Crippen molar-refractivity contribution in [1.82, 2.24) is 4.98 Å². The summed E-state index contributed by atoms with van der Waals surface area (Å²) in [5, 5.41) is 10.8. The summed E-state index contributed by atoms with van der Waals surface area (Å²) in [4.78, 5) is 16.2. The van der Waals surface area contributed by atoms with Gasteiger partial charge in [-0.25, -0.2) is 0 Å². The van der Waals surface area contributed by atoms with Crippen LogP contribution < -0.4 is 0 Å². The number of hydrogen-bond donors (Lipinski definition) is 2. The molecule has 4 rings (SSSR count). The van der Waals surface area contributed by atoms with Gasteiger partial charge >= 0.3 is 0 Å². The first kappa shape index (κ1) is 12.2. The molecule has 2 N–H and O–H groups in total. The van der Waals surface area contributed by atoms with Gasteiger partial charge < -0.3 is 10.1 Å². The van der Waals surface area contributed by atoms with Crippen molar-refractivity contribution >= 4 is 16.7 Å². The number of rotatable bonds is 0. The molecule has 0 atom stereocenters. The number of benzene rings is 2. The third kappa shape index (κ3) is 1.40. The Bertz CT molecular complexity index is 903. The maximum atomic E-state index is 12.9. The highest BCUT2D eigenvalue weighted by Crippen LogP contribution is 2.45. The van der Waals surface area contributed by atoms with E-state index in [9.17, 15) is 9.90 Å². The van der Waals surface area contributed by atoms with Gasteiger partial charge in [-0.15, -0.1) is 0 Å². The van der Waals surface area contributed by atoms with Gasteiger partial charge in [0.25, 0.3) is 0 Å². The van der Waals surface area contributed by atoms with Crippen molar-refractivity contribution in [2.24, 2.45) is 0 Å². The van der Waals surface area contributed by atoms with Crippen LogP contribution in [0.5, 0.6) is 5.75 Å². The summed E-state index contributed by atoms with van der Waals surface area (Å²) >= 11 is 0. The van der Waals surface area contributed by atoms with Crippen molar-refractivity contribution < 1.29 is 9.90 Å². The average Bonchev–Trinajstić information content (AvgIpc) is 2.87. The van der Waals surface area contributed by atoms with Crippen LogP contribution in [0, 0.1) is 0 Å². The fourth-order valence-electron chi connectivity index (χ4n) is 3.42. The van der Waals surface area contributed by atoms with Crippen LogP contribution in [-0.4, -0.2) is 15.9 Å². The van der Waals surface area contributed by atoms with Gasteiger partial charge in [0.2, 0.25) is 0 Å². The molecule has 1 heterocycles. The van der Waals surface area contributed by atoms with Crippen LogP contribution in [0.2, 0.25) is 0 Å². The first-order valence-corrected chi connectivity index (χ1v) is 7.00. The van der Waals surface area contributed by atoms with Crippen molar-refractivity contribution in [1.29, 1.82) is 0 Å². The molecule has 0 aliphatic heterocycles. The number of H-pyrrole nitrogens is 1. The lowest BCUT2D eigenvalue weighted by Crippen LogP contribution is -2.30. The van der Waals surface area contributed by atoms with Crippen LogP contribution in [0.3, 0.4) is 0 Å². The van der Waals surface area contributed by atoms with E-state index in [2.05, 4.69) is 18.8 Å². The number of phenols is 1. The molecule has 0 fully saturated rings. The zero-order chi connectivity index (χ0) is 14.8. The standard InChI is InChI=1S/C18H15NO2/c1-18(2)11-7-4-3-6-10(11)16(21)15-14-12(19-17(15)18)8-5-9-13(14)20/h3-9,19-20H,1-2H3. The van der Waals surface area contributed by atoms with E-state index < -0.39 is 0 Å². The van der Waals surface area contributed by atoms with E-state index in [0.717, 1.165) is 22.3 Å². The van der Waals surface area contributed by atoms with Crippen LogP contribution in [0.15, 0.2) is 42.5 Å². The second kappa shape index (κ2) is 3.76. The molecule has 0 amide bonds. The van der Waals surface area contributed by atoms with Crippen LogP contribution in [0.4, 0.5) is 0 Å². The van der Waals surface area contributed by atoms with Gasteiger partial charge in [0.15, 0.2) is 5.78 Å². The zero-order valence-electron chi connectivity index (χ0n) is 11.9. The molecule has 0 saturated carbocycles. The van der Waals surface area contributed by atoms with Crippen molar-refractivity contribution in [2.45, 2.75) is 19.3 Å². The minimum atomic E-state index is -0.300. The normalized spacial score (nSPS) is 15.8. The molecule has 104 valence electrons. The molecule has 0 spiro atoms. The van der Waals surface area contributed by atoms with Crippen molar-refractivity contribution in [2.75, 3.05) is 0 Å². The monoisotopic (exact) mass is 277 g/mol. The van der Waals surface area contributed by atoms with Gasteiger partial charge in [-0.05, 0) is 17.7 Å². The second-order valence-electron chi connectivity index (χ2n) is 6.07. The Morgan fingerprint density at radius 3 is 2.62 bits per heavy atom. The number of fused-ring (bicyclic) bond motifs is 4. The Morgan fingerprint density at radius 2 is 1.81 bits per heavy atom. The highest BCUT2D eigenvalue weighted by molar-refractivity contribution is 6.21. The van der Waals surface area contributed by atoms with E-state index in [0.29, 0.717) is 10.9 Å². The molecule has 3 nitrogen and oxygen atoms in total. The molecule has 1 aliphatic carbocycles. The number of carbonyl (C=O) groups is 1. The van der Waals surface area contributed by atoms with Crippen LogP contribution in [0.1, 0.15) is 41.0 Å². The third-order valence-electron chi connectivity index (χ3n) is 4.50. The minimum Gasteiger partial charge on any atom is -0.507 e. The summed E-state index contributed by atoms with van der Waals surface area (Å²) in [7, 11) is 0. The van der Waals surface area contributed by atoms with Crippen LogP contribution in [0.25, 0.3) is 10.9 Å². The molecule has 3 aromatic rings. The SMILES string of the molecule is CC1(C)c2ccccc2C(=O)c2c1[nH]c1cccc(O)c21. The maximum absolute atomic E-state index is 12.9. The van der Waals surface area contributed by atoms with Crippen molar-refractivity contribution in [3.05, 3.63) is 64.8 Å². The van der Waals surface area contributed by atoms with Gasteiger partial charge in [0, 0.05) is 16.7 Å². The number of carbonyl (C=O) groups excluding carboxylic acids is 1. The third-order valence-corrected chi connectivity index (χ3v) is 4.50. The Morgan fingerprint density at radius 1 is 1.05 bits per heavy atom. The van der Waals surface area contributed by atoms with Gasteiger partial charge in [0.1, 0.15) is 5.75 Å². The van der Waals surface area contributed by atoms with Gasteiger partial charge in [0.05, 0.1) is 16.5 Å². The average molecular weight is 277 g/mol. The van der Waals surface area contributed by atoms with Gasteiger partial charge in [-0.2, -0.15) is 0 Å². The van der Waals surface area contributed by atoms with E-state index in [1.807, 2.05) is 30.3 Å². The molecule has 1 aromatic heterocycles. The highest BCUT2D eigenvalue weighted by atomic mass is 16.3. The molecule has 21 heavy (non-hydrogen) atoms. The smallest absolute Gasteiger partial charge is 0.195 e. The number of hydrogen-bond acceptors (Lipinski definition) is 2. The summed E-state index contributed by atoms with van der Waals surface area (Å²) in [5.74, 6) is 0.126. The summed E-state index contributed by atoms with van der Waals surface area (Å²) in [5.41, 5.74) is 3.72. The number of aromatic hydroxyl groups is 1. The predicted octanol–water partition coefficient (Wildman–Crippen LogP) is 3.74. The second-order valence-corrected chi connectivity index (χ2v) is 6.07. The summed E-state index contributed by atoms with van der Waals surface area (Å²) in [6.45, 7) is 4.20. The molecule has 2 aromatic carbocycles. The minimum absolute atomic E-state index is 0.0207. The van der Waals surface area contributed by atoms with Crippen LogP contribution >= 0.6 is 0 Å². The first-order valence-electron chi connectivity index (χ1n) is 7.00. The molecular weight excluding hydrogens is 262 g/mol. The number of aromatic nitrogens is 1. The highest BCUT2D eigenvalue weighted by Gasteiger charge is 2.39. The van der Waals surface area contributed by atoms with E-state index in [4.69, 9.17) is 0 Å². The molecule has 0 radical (unpaired) electrons. The number of ketones is 1. The molecule has 0 unspecified atom stereocenters. The summed E-state index contributed by atoms with van der Waals surface area (Å²) in [6, 6.07) is 13.0. The molecular formula is C18H15NO2. The Kier molecular flexibility index (Phi) is 2.18. The molecule has 3 heteroatoms. The van der Waals surface area contributed by atoms with E-state index in [1.165, 1.54) is 0 Å². The first-order chi connectivity index (χ1) is 10.0. The lowest BCUT2D eigenvalue weighted by molar-refractivity contribution is 0.103. The molecule has 1 aliphatic rings. The lowest BCUT2D eigenvalue weighted by Gasteiger charge is -2.31. The summed E-state index contributed by atoms with van der Waals surface area (Å²) < 4.78 is 0. The zero-order valence-corrected chi connectivity index (χ0v) is 11.9. The van der Waals surface area contributed by atoms with Gasteiger partial charge in [-0.3, -0.25) is 4.79 Å². The van der Waals surface area contributed by atoms with Crippen molar-refractivity contribution in [3.63, 3.8) is 0 Å². The number of aromatic amines is 1. The largest absolute Gasteiger partial charge is 0.507 e. The Hall–Kier alpha value is -2.55. The lowest BCUT2D eigenvalue weighted by atomic mass is 9.71. The molecule has 0 bridgehead atoms. The molecule has 0 saturated heterocycles. The number of nitrogens with one attached hydrogen (secondary N) is 1. The topological polar surface area (TPSA) is 53.1 Å². The summed E-state index contributed by atoms with van der Waals surface area (Å²) in [6.07, 6.45) is 0.